The molecule has 1 heterocycles. The molecular weight excluding hydrogens is 236 g/mol. The first-order chi connectivity index (χ1) is 9.22. The molecule has 1 saturated heterocycles. The molecule has 1 amide bonds. The number of likely N-dealkylation sites (tertiary alicyclic amines) is 1. The van der Waals surface area contributed by atoms with Crippen LogP contribution in [0.4, 0.5) is 0 Å². The third kappa shape index (κ3) is 5.52. The second kappa shape index (κ2) is 9.35. The highest BCUT2D eigenvalue weighted by Crippen LogP contribution is 2.22. The molecule has 0 aromatic rings. The van der Waals surface area contributed by atoms with Gasteiger partial charge in [0.1, 0.15) is 0 Å². The van der Waals surface area contributed by atoms with Crippen LogP contribution in [0.25, 0.3) is 0 Å². The SMILES string of the molecule is CCC(CCN)CCC(=O)N1CCCCCC1CC. The number of carbonyl (C=O) groups excluding carboxylic acids is 1. The van der Waals surface area contributed by atoms with Crippen LogP contribution in [0, 0.1) is 5.92 Å². The van der Waals surface area contributed by atoms with Gasteiger partial charge in [0.25, 0.3) is 0 Å². The largest absolute Gasteiger partial charge is 0.340 e. The highest BCUT2D eigenvalue weighted by atomic mass is 16.2. The molecule has 2 unspecified atom stereocenters. The summed E-state index contributed by atoms with van der Waals surface area (Å²) in [5, 5.41) is 0. The van der Waals surface area contributed by atoms with Gasteiger partial charge in [-0.15, -0.1) is 0 Å². The van der Waals surface area contributed by atoms with Crippen LogP contribution in [-0.4, -0.2) is 29.9 Å². The van der Waals surface area contributed by atoms with E-state index in [-0.39, 0.29) is 0 Å². The summed E-state index contributed by atoms with van der Waals surface area (Å²) in [6.45, 7) is 6.13. The monoisotopic (exact) mass is 268 g/mol. The summed E-state index contributed by atoms with van der Waals surface area (Å²) < 4.78 is 0. The van der Waals surface area contributed by atoms with Gasteiger partial charge in [-0.3, -0.25) is 4.79 Å². The number of carbonyl (C=O) groups is 1. The van der Waals surface area contributed by atoms with Gasteiger partial charge in [-0.1, -0.05) is 33.1 Å². The first-order valence-corrected chi connectivity index (χ1v) is 8.22. The van der Waals surface area contributed by atoms with Gasteiger partial charge in [0.05, 0.1) is 0 Å². The number of amides is 1. The fourth-order valence-electron chi connectivity index (χ4n) is 3.19. The van der Waals surface area contributed by atoms with Gasteiger partial charge in [-0.05, 0) is 44.6 Å². The van der Waals surface area contributed by atoms with E-state index < -0.39 is 0 Å². The highest BCUT2D eigenvalue weighted by Gasteiger charge is 2.24. The van der Waals surface area contributed by atoms with Crippen LogP contribution >= 0.6 is 0 Å². The first-order valence-electron chi connectivity index (χ1n) is 8.22. The highest BCUT2D eigenvalue weighted by molar-refractivity contribution is 5.76. The van der Waals surface area contributed by atoms with E-state index in [9.17, 15) is 4.79 Å². The Labute approximate surface area is 118 Å². The molecule has 0 radical (unpaired) electrons. The topological polar surface area (TPSA) is 46.3 Å². The van der Waals surface area contributed by atoms with E-state index >= 15 is 0 Å². The van der Waals surface area contributed by atoms with Crippen LogP contribution in [0.5, 0.6) is 0 Å². The zero-order chi connectivity index (χ0) is 14.1. The summed E-state index contributed by atoms with van der Waals surface area (Å²) in [6, 6.07) is 0.490. The summed E-state index contributed by atoms with van der Waals surface area (Å²) in [5.41, 5.74) is 5.62. The lowest BCUT2D eigenvalue weighted by atomic mass is 9.96. The summed E-state index contributed by atoms with van der Waals surface area (Å²) in [6.07, 6.45) is 9.98. The molecule has 1 aliphatic rings. The number of nitrogens with two attached hydrogens (primary N) is 1. The molecule has 0 aromatic carbocycles. The van der Waals surface area contributed by atoms with Crippen molar-refractivity contribution in [2.45, 2.75) is 77.7 Å². The quantitative estimate of drug-likeness (QED) is 0.770. The summed E-state index contributed by atoms with van der Waals surface area (Å²) in [7, 11) is 0. The van der Waals surface area contributed by atoms with Crippen LogP contribution in [-0.2, 0) is 4.79 Å². The van der Waals surface area contributed by atoms with Crippen molar-refractivity contribution in [3.63, 3.8) is 0 Å². The molecule has 2 atom stereocenters. The average Bonchev–Trinajstić information content (AvgIpc) is 2.68. The average molecular weight is 268 g/mol. The third-order valence-electron chi connectivity index (χ3n) is 4.59. The van der Waals surface area contributed by atoms with Gasteiger partial charge in [-0.2, -0.15) is 0 Å². The van der Waals surface area contributed by atoms with Crippen LogP contribution in [0.3, 0.4) is 0 Å². The Kier molecular flexibility index (Phi) is 8.11. The molecule has 0 aliphatic carbocycles. The molecule has 112 valence electrons. The van der Waals surface area contributed by atoms with E-state index in [2.05, 4.69) is 18.7 Å². The maximum Gasteiger partial charge on any atom is 0.222 e. The fraction of sp³-hybridized carbons (Fsp3) is 0.938. The number of nitrogens with zero attached hydrogens (tertiary/aromatic N) is 1. The van der Waals surface area contributed by atoms with E-state index in [0.717, 1.165) is 45.2 Å². The van der Waals surface area contributed by atoms with Crippen LogP contribution in [0.15, 0.2) is 0 Å². The lowest BCUT2D eigenvalue weighted by Gasteiger charge is -2.30. The van der Waals surface area contributed by atoms with E-state index in [1.54, 1.807) is 0 Å². The molecule has 0 bridgehead atoms. The standard InChI is InChI=1S/C16H32N2O/c1-3-14(11-12-17)9-10-16(19)18-13-7-5-6-8-15(18)4-2/h14-15H,3-13,17H2,1-2H3. The van der Waals surface area contributed by atoms with E-state index in [4.69, 9.17) is 5.73 Å². The Morgan fingerprint density at radius 2 is 2.05 bits per heavy atom. The van der Waals surface area contributed by atoms with Crippen LogP contribution in [0.2, 0.25) is 0 Å². The van der Waals surface area contributed by atoms with Crippen LogP contribution in [0.1, 0.15) is 71.6 Å². The van der Waals surface area contributed by atoms with Crippen molar-refractivity contribution in [2.24, 2.45) is 11.7 Å². The van der Waals surface area contributed by atoms with Gasteiger partial charge >= 0.3 is 0 Å². The normalized spacial score (nSPS) is 22.1. The second-order valence-corrected chi connectivity index (χ2v) is 5.89. The van der Waals surface area contributed by atoms with E-state index in [1.165, 1.54) is 25.7 Å². The predicted octanol–water partition coefficient (Wildman–Crippen LogP) is 3.32. The second-order valence-electron chi connectivity index (χ2n) is 5.89. The summed E-state index contributed by atoms with van der Waals surface area (Å²) in [4.78, 5) is 14.6. The van der Waals surface area contributed by atoms with Gasteiger partial charge in [0, 0.05) is 19.0 Å². The van der Waals surface area contributed by atoms with Gasteiger partial charge in [0.2, 0.25) is 5.91 Å². The molecule has 2 N–H and O–H groups in total. The van der Waals surface area contributed by atoms with E-state index in [0.29, 0.717) is 17.9 Å². The maximum absolute atomic E-state index is 12.4. The number of rotatable bonds is 7. The van der Waals surface area contributed by atoms with Crippen molar-refractivity contribution >= 4 is 5.91 Å². The Morgan fingerprint density at radius 3 is 2.68 bits per heavy atom. The Balaban J connectivity index is 2.45. The van der Waals surface area contributed by atoms with Crippen molar-refractivity contribution in [2.75, 3.05) is 13.1 Å². The van der Waals surface area contributed by atoms with Crippen molar-refractivity contribution in [1.82, 2.24) is 4.90 Å². The van der Waals surface area contributed by atoms with Crippen molar-refractivity contribution in [1.29, 1.82) is 0 Å². The molecule has 19 heavy (non-hydrogen) atoms. The molecule has 3 heteroatoms. The van der Waals surface area contributed by atoms with Crippen molar-refractivity contribution in [3.05, 3.63) is 0 Å². The molecule has 3 nitrogen and oxygen atoms in total. The first kappa shape index (κ1) is 16.5. The lowest BCUT2D eigenvalue weighted by Crippen LogP contribution is -2.39. The van der Waals surface area contributed by atoms with Crippen molar-refractivity contribution < 1.29 is 4.79 Å². The Morgan fingerprint density at radius 1 is 1.26 bits per heavy atom. The fourth-order valence-corrected chi connectivity index (χ4v) is 3.19. The Hall–Kier alpha value is -0.570. The molecular formula is C16H32N2O. The Bertz CT molecular complexity index is 255. The zero-order valence-corrected chi connectivity index (χ0v) is 12.9. The zero-order valence-electron chi connectivity index (χ0n) is 12.9. The van der Waals surface area contributed by atoms with Crippen LogP contribution < -0.4 is 5.73 Å². The van der Waals surface area contributed by atoms with Gasteiger partial charge in [0.15, 0.2) is 0 Å². The molecule has 1 rings (SSSR count). The molecule has 0 spiro atoms. The molecule has 0 aromatic heterocycles. The van der Waals surface area contributed by atoms with Crippen molar-refractivity contribution in [3.8, 4) is 0 Å². The summed E-state index contributed by atoms with van der Waals surface area (Å²) >= 11 is 0. The maximum atomic E-state index is 12.4. The number of hydrogen-bond donors (Lipinski definition) is 1. The minimum absolute atomic E-state index is 0.379. The molecule has 1 aliphatic heterocycles. The number of hydrogen-bond acceptors (Lipinski definition) is 2. The minimum atomic E-state index is 0.379. The molecule has 1 fully saturated rings. The minimum Gasteiger partial charge on any atom is -0.340 e. The lowest BCUT2D eigenvalue weighted by molar-refractivity contribution is -0.133. The van der Waals surface area contributed by atoms with E-state index in [1.807, 2.05) is 0 Å². The smallest absolute Gasteiger partial charge is 0.222 e. The van der Waals surface area contributed by atoms with Gasteiger partial charge < -0.3 is 10.6 Å². The van der Waals surface area contributed by atoms with Gasteiger partial charge in [-0.25, -0.2) is 0 Å². The predicted molar refractivity (Wildman–Crippen MR) is 80.9 cm³/mol. The third-order valence-corrected chi connectivity index (χ3v) is 4.59. The summed E-state index contributed by atoms with van der Waals surface area (Å²) in [5.74, 6) is 1.00. The molecule has 0 saturated carbocycles.